The van der Waals surface area contributed by atoms with Crippen LogP contribution in [0, 0.1) is 0 Å². The number of likely N-dealkylation sites (N-methyl/N-ethyl adjacent to an activating group) is 1. The molecule has 0 spiro atoms. The third kappa shape index (κ3) is 4.37. The minimum atomic E-state index is -0.991. The van der Waals surface area contributed by atoms with Gasteiger partial charge < -0.3 is 20.1 Å². The monoisotopic (exact) mass is 491 g/mol. The molecule has 188 valence electrons. The van der Waals surface area contributed by atoms with Gasteiger partial charge in [0.15, 0.2) is 11.5 Å². The number of nitrogens with one attached hydrogen (secondary N) is 1. The van der Waals surface area contributed by atoms with Crippen molar-refractivity contribution in [2.24, 2.45) is 0 Å². The van der Waals surface area contributed by atoms with Crippen LogP contribution in [0.2, 0.25) is 0 Å². The standard InChI is InChI=1S/C25H29N7O4/c1-15(33)25(35)30(2)17-6-8-18(9-7-17)31-14-16-11-19(21(36-3)12-20(16)29-31)24(34)28-23-13-26-22-5-4-10-27-32(22)23/h4-5,10-15,17-18,33H,6-9H2,1-3H3,(H,28,34)/t15-,17?,18?/m1/s1. The molecule has 4 aromatic rings. The maximum atomic E-state index is 13.2. The van der Waals surface area contributed by atoms with E-state index in [0.29, 0.717) is 22.8 Å². The Morgan fingerprint density at radius 2 is 2.03 bits per heavy atom. The lowest BCUT2D eigenvalue weighted by Gasteiger charge is -2.35. The number of hydrogen-bond donors (Lipinski definition) is 2. The van der Waals surface area contributed by atoms with Crippen LogP contribution < -0.4 is 10.1 Å². The van der Waals surface area contributed by atoms with Crippen LogP contribution >= 0.6 is 0 Å². The van der Waals surface area contributed by atoms with E-state index in [2.05, 4.69) is 15.4 Å². The summed E-state index contributed by atoms with van der Waals surface area (Å²) in [6.45, 7) is 1.50. The SMILES string of the molecule is COc1cc2nn(C3CCC(N(C)C(=O)[C@@H](C)O)CC3)cc2cc1C(=O)Nc1cnc2cccnn12. The van der Waals surface area contributed by atoms with E-state index in [0.717, 1.165) is 36.6 Å². The fraction of sp³-hybridized carbons (Fsp3) is 0.400. The smallest absolute Gasteiger partial charge is 0.260 e. The Kier molecular flexibility index (Phi) is 6.31. The number of anilines is 1. The van der Waals surface area contributed by atoms with E-state index in [1.807, 2.05) is 10.9 Å². The van der Waals surface area contributed by atoms with Gasteiger partial charge >= 0.3 is 0 Å². The van der Waals surface area contributed by atoms with Crippen molar-refractivity contribution in [3.05, 3.63) is 48.4 Å². The van der Waals surface area contributed by atoms with Crippen LogP contribution in [0.3, 0.4) is 0 Å². The van der Waals surface area contributed by atoms with Crippen molar-refractivity contribution < 1.29 is 19.4 Å². The molecule has 2 N–H and O–H groups in total. The summed E-state index contributed by atoms with van der Waals surface area (Å²) in [5.41, 5.74) is 1.76. The molecule has 11 nitrogen and oxygen atoms in total. The van der Waals surface area contributed by atoms with E-state index < -0.39 is 6.10 Å². The highest BCUT2D eigenvalue weighted by Gasteiger charge is 2.29. The topological polar surface area (TPSA) is 127 Å². The van der Waals surface area contributed by atoms with Gasteiger partial charge in [-0.1, -0.05) is 0 Å². The average Bonchev–Trinajstić information content (AvgIpc) is 3.50. The summed E-state index contributed by atoms with van der Waals surface area (Å²) in [7, 11) is 3.28. The molecule has 3 heterocycles. The quantitative estimate of drug-likeness (QED) is 0.425. The molecule has 1 saturated carbocycles. The normalized spacial score (nSPS) is 18.8. The molecule has 0 unspecified atom stereocenters. The van der Waals surface area contributed by atoms with Gasteiger partial charge in [0, 0.05) is 36.9 Å². The first-order valence-electron chi connectivity index (χ1n) is 12.0. The van der Waals surface area contributed by atoms with Crippen molar-refractivity contribution >= 4 is 34.2 Å². The molecule has 1 aliphatic rings. The molecule has 0 radical (unpaired) electrons. The van der Waals surface area contributed by atoms with Crippen molar-refractivity contribution in [1.82, 2.24) is 29.3 Å². The van der Waals surface area contributed by atoms with Gasteiger partial charge in [0.2, 0.25) is 0 Å². The van der Waals surface area contributed by atoms with Crippen molar-refractivity contribution in [1.29, 1.82) is 0 Å². The van der Waals surface area contributed by atoms with Crippen molar-refractivity contribution in [3.8, 4) is 5.75 Å². The minimum Gasteiger partial charge on any atom is -0.496 e. The van der Waals surface area contributed by atoms with Crippen molar-refractivity contribution in [2.45, 2.75) is 50.8 Å². The average molecular weight is 492 g/mol. The van der Waals surface area contributed by atoms with Crippen LogP contribution in [0.15, 0.2) is 42.9 Å². The van der Waals surface area contributed by atoms with Crippen LogP contribution in [0.4, 0.5) is 5.82 Å². The van der Waals surface area contributed by atoms with Crippen LogP contribution in [-0.4, -0.2) is 72.5 Å². The number of fused-ring (bicyclic) bond motifs is 2. The van der Waals surface area contributed by atoms with Gasteiger partial charge in [0.05, 0.1) is 30.4 Å². The Hall–Kier alpha value is -3.99. The number of benzene rings is 1. The number of aromatic nitrogens is 5. The van der Waals surface area contributed by atoms with E-state index in [4.69, 9.17) is 9.84 Å². The number of imidazole rings is 1. The van der Waals surface area contributed by atoms with Gasteiger partial charge in [-0.3, -0.25) is 14.3 Å². The lowest BCUT2D eigenvalue weighted by Crippen LogP contribution is -2.43. The van der Waals surface area contributed by atoms with E-state index in [-0.39, 0.29) is 23.9 Å². The van der Waals surface area contributed by atoms with Gasteiger partial charge in [-0.2, -0.15) is 14.7 Å². The molecular weight excluding hydrogens is 462 g/mol. The largest absolute Gasteiger partial charge is 0.496 e. The van der Waals surface area contributed by atoms with Crippen LogP contribution in [0.5, 0.6) is 5.75 Å². The maximum absolute atomic E-state index is 13.2. The number of aliphatic hydroxyl groups excluding tert-OH is 1. The first kappa shape index (κ1) is 23.7. The summed E-state index contributed by atoms with van der Waals surface area (Å²) in [6.07, 6.45) is 7.55. The molecule has 1 aliphatic carbocycles. The van der Waals surface area contributed by atoms with E-state index in [9.17, 15) is 14.7 Å². The van der Waals surface area contributed by atoms with Crippen LogP contribution in [-0.2, 0) is 4.79 Å². The molecule has 0 saturated heterocycles. The Labute approximate surface area is 207 Å². The summed E-state index contributed by atoms with van der Waals surface area (Å²) < 4.78 is 9.02. The molecule has 3 aromatic heterocycles. The van der Waals surface area contributed by atoms with Crippen molar-refractivity contribution in [2.75, 3.05) is 19.5 Å². The number of carbonyl (C=O) groups excluding carboxylic acids is 2. The molecule has 11 heteroatoms. The van der Waals surface area contributed by atoms with Gasteiger partial charge in [-0.25, -0.2) is 4.98 Å². The van der Waals surface area contributed by atoms with Crippen LogP contribution in [0.25, 0.3) is 16.6 Å². The molecule has 0 aliphatic heterocycles. The molecule has 1 fully saturated rings. The molecule has 36 heavy (non-hydrogen) atoms. The van der Waals surface area contributed by atoms with E-state index in [1.165, 1.54) is 14.0 Å². The number of nitrogens with zero attached hydrogens (tertiary/aromatic N) is 6. The first-order chi connectivity index (χ1) is 17.4. The van der Waals surface area contributed by atoms with Crippen LogP contribution in [0.1, 0.15) is 49.0 Å². The molecular formula is C25H29N7O4. The van der Waals surface area contributed by atoms with Gasteiger partial charge in [0.1, 0.15) is 11.9 Å². The lowest BCUT2D eigenvalue weighted by molar-refractivity contribution is -0.140. The second-order valence-corrected chi connectivity index (χ2v) is 9.20. The zero-order chi connectivity index (χ0) is 25.4. The van der Waals surface area contributed by atoms with Gasteiger partial charge in [-0.05, 0) is 50.8 Å². The first-order valence-corrected chi connectivity index (χ1v) is 12.0. The summed E-state index contributed by atoms with van der Waals surface area (Å²) >= 11 is 0. The number of hydrogen-bond acceptors (Lipinski definition) is 7. The molecule has 1 aromatic carbocycles. The molecule has 1 atom stereocenters. The number of carbonyl (C=O) groups is 2. The zero-order valence-corrected chi connectivity index (χ0v) is 20.5. The molecule has 5 rings (SSSR count). The molecule has 2 amide bonds. The number of aliphatic hydroxyl groups is 1. The minimum absolute atomic E-state index is 0.109. The second kappa shape index (κ2) is 9.57. The predicted octanol–water partition coefficient (Wildman–Crippen LogP) is 2.66. The van der Waals surface area contributed by atoms with Crippen molar-refractivity contribution in [3.63, 3.8) is 0 Å². The van der Waals surface area contributed by atoms with Gasteiger partial charge in [-0.15, -0.1) is 0 Å². The Balaban J connectivity index is 1.34. The van der Waals surface area contributed by atoms with Gasteiger partial charge in [0.25, 0.3) is 11.8 Å². The zero-order valence-electron chi connectivity index (χ0n) is 20.5. The summed E-state index contributed by atoms with van der Waals surface area (Å²) in [4.78, 5) is 31.2. The highest BCUT2D eigenvalue weighted by molar-refractivity contribution is 6.08. The third-order valence-corrected chi connectivity index (χ3v) is 6.90. The number of methoxy groups -OCH3 is 1. The molecule has 0 bridgehead atoms. The van der Waals surface area contributed by atoms with E-state index >= 15 is 0 Å². The fourth-order valence-corrected chi connectivity index (χ4v) is 4.89. The highest BCUT2D eigenvalue weighted by atomic mass is 16.5. The van der Waals surface area contributed by atoms with E-state index in [1.54, 1.807) is 53.1 Å². The summed E-state index contributed by atoms with van der Waals surface area (Å²) in [5.74, 6) is 0.305. The third-order valence-electron chi connectivity index (χ3n) is 6.90. The maximum Gasteiger partial charge on any atom is 0.260 e. The second-order valence-electron chi connectivity index (χ2n) is 9.20. The fourth-order valence-electron chi connectivity index (χ4n) is 4.89. The number of rotatable bonds is 6. The predicted molar refractivity (Wildman–Crippen MR) is 133 cm³/mol. The lowest BCUT2D eigenvalue weighted by atomic mass is 9.90. The Morgan fingerprint density at radius 3 is 2.75 bits per heavy atom. The highest BCUT2D eigenvalue weighted by Crippen LogP contribution is 2.33. The summed E-state index contributed by atoms with van der Waals surface area (Å²) in [5, 5.41) is 22.3. The number of amides is 2. The summed E-state index contributed by atoms with van der Waals surface area (Å²) in [6, 6.07) is 7.44. The number of ether oxygens (including phenoxy) is 1. The Bertz CT molecular complexity index is 1420. The Morgan fingerprint density at radius 1 is 1.25 bits per heavy atom.